The third-order valence-corrected chi connectivity index (χ3v) is 4.03. The molecule has 0 aliphatic heterocycles. The molecule has 0 saturated heterocycles. The topological polar surface area (TPSA) is 73.1 Å². The fraction of sp³-hybridized carbons (Fsp3) is 0.0435. The number of hydrogen-bond donors (Lipinski definition) is 0. The van der Waals surface area contributed by atoms with Gasteiger partial charge in [0, 0.05) is 0 Å². The fourth-order valence-corrected chi connectivity index (χ4v) is 2.59. The Morgan fingerprint density at radius 3 is 2.39 bits per heavy atom. The maximum Gasteiger partial charge on any atom is 0.123 e. The summed E-state index contributed by atoms with van der Waals surface area (Å²) in [5, 5.41) is 20.3. The predicted octanol–water partition coefficient (Wildman–Crippen LogP) is 3.83. The molecular formula is C23H15FNO3-. The Bertz CT molecular complexity index is 1050. The monoisotopic (exact) mass is 372 g/mol. The summed E-state index contributed by atoms with van der Waals surface area (Å²) in [5.74, 6) is -0.976. The number of aromatic carboxylic acids is 1. The number of carbonyl (C=O) groups excluding carboxylic acids is 1. The first-order valence-corrected chi connectivity index (χ1v) is 8.46. The van der Waals surface area contributed by atoms with Crippen LogP contribution in [-0.2, 0) is 6.61 Å². The fourth-order valence-electron chi connectivity index (χ4n) is 2.59. The van der Waals surface area contributed by atoms with Gasteiger partial charge in [0.2, 0.25) is 0 Å². The summed E-state index contributed by atoms with van der Waals surface area (Å²) in [4.78, 5) is 10.9. The summed E-state index contributed by atoms with van der Waals surface area (Å²) in [5.41, 5.74) is 2.68. The molecule has 0 saturated carbocycles. The van der Waals surface area contributed by atoms with Crippen LogP contribution < -0.4 is 9.84 Å². The van der Waals surface area contributed by atoms with Crippen molar-refractivity contribution >= 4 is 17.6 Å². The molecule has 0 atom stereocenters. The molecule has 0 amide bonds. The van der Waals surface area contributed by atoms with E-state index in [1.807, 2.05) is 0 Å². The van der Waals surface area contributed by atoms with Gasteiger partial charge in [0.25, 0.3) is 0 Å². The smallest absolute Gasteiger partial charge is 0.123 e. The van der Waals surface area contributed by atoms with Crippen LogP contribution in [0.5, 0.6) is 5.75 Å². The molecule has 0 spiro atoms. The minimum Gasteiger partial charge on any atom is -0.545 e. The molecule has 0 aliphatic carbocycles. The zero-order chi connectivity index (χ0) is 19.9. The van der Waals surface area contributed by atoms with E-state index in [1.165, 1.54) is 24.3 Å². The number of nitriles is 1. The number of hydrogen-bond acceptors (Lipinski definition) is 4. The van der Waals surface area contributed by atoms with E-state index < -0.39 is 5.97 Å². The summed E-state index contributed by atoms with van der Waals surface area (Å²) in [7, 11) is 0. The van der Waals surface area contributed by atoms with Crippen molar-refractivity contribution in [3.8, 4) is 11.8 Å². The van der Waals surface area contributed by atoms with Crippen molar-refractivity contribution in [2.75, 3.05) is 0 Å². The number of carbonyl (C=O) groups is 1. The first kappa shape index (κ1) is 18.9. The van der Waals surface area contributed by atoms with Crippen LogP contribution in [0.2, 0.25) is 0 Å². The average Bonchev–Trinajstić information content (AvgIpc) is 2.72. The average molecular weight is 372 g/mol. The normalized spacial score (nSPS) is 10.9. The van der Waals surface area contributed by atoms with Gasteiger partial charge < -0.3 is 14.6 Å². The summed E-state index contributed by atoms with van der Waals surface area (Å²) in [6, 6.07) is 21.4. The summed E-state index contributed by atoms with van der Waals surface area (Å²) >= 11 is 0. The SMILES string of the molecule is N#C/C(=C\c1ccc(OCc2cccc(C(=O)[O-])c2)cc1)c1ccc(F)cc1. The molecule has 0 N–H and O–H groups in total. The molecule has 4 nitrogen and oxygen atoms in total. The minimum absolute atomic E-state index is 0.103. The Kier molecular flexibility index (Phi) is 5.83. The highest BCUT2D eigenvalue weighted by Crippen LogP contribution is 2.20. The van der Waals surface area contributed by atoms with E-state index in [0.29, 0.717) is 22.4 Å². The van der Waals surface area contributed by atoms with Crippen molar-refractivity contribution in [2.45, 2.75) is 6.61 Å². The molecule has 0 aliphatic rings. The van der Waals surface area contributed by atoms with Gasteiger partial charge in [-0.25, -0.2) is 4.39 Å². The van der Waals surface area contributed by atoms with Crippen LogP contribution in [0.3, 0.4) is 0 Å². The standard InChI is InChI=1S/C23H16FNO3/c24-21-8-6-18(7-9-21)20(14-25)12-16-4-10-22(11-5-16)28-15-17-2-1-3-19(13-17)23(26)27/h1-13H,15H2,(H,26,27)/p-1/b20-12+. The van der Waals surface area contributed by atoms with Gasteiger partial charge >= 0.3 is 0 Å². The number of halogens is 1. The molecule has 3 aromatic rings. The quantitative estimate of drug-likeness (QED) is 0.487. The second kappa shape index (κ2) is 8.65. The highest BCUT2D eigenvalue weighted by Gasteiger charge is 2.03. The van der Waals surface area contributed by atoms with Gasteiger partial charge in [-0.1, -0.05) is 42.5 Å². The maximum atomic E-state index is 13.0. The van der Waals surface area contributed by atoms with Crippen molar-refractivity contribution in [1.82, 2.24) is 0 Å². The van der Waals surface area contributed by atoms with Crippen LogP contribution >= 0.6 is 0 Å². The second-order valence-corrected chi connectivity index (χ2v) is 6.02. The first-order chi connectivity index (χ1) is 13.5. The number of ether oxygens (including phenoxy) is 1. The van der Waals surface area contributed by atoms with Crippen LogP contribution in [-0.4, -0.2) is 5.97 Å². The van der Waals surface area contributed by atoms with E-state index >= 15 is 0 Å². The Morgan fingerprint density at radius 1 is 1.04 bits per heavy atom. The van der Waals surface area contributed by atoms with Gasteiger partial charge in [-0.05, 0) is 58.7 Å². The van der Waals surface area contributed by atoms with Gasteiger partial charge in [0.1, 0.15) is 18.2 Å². The van der Waals surface area contributed by atoms with Crippen molar-refractivity contribution in [3.05, 3.63) is 101 Å². The predicted molar refractivity (Wildman–Crippen MR) is 101 cm³/mol. The summed E-state index contributed by atoms with van der Waals surface area (Å²) in [6.07, 6.45) is 1.71. The minimum atomic E-state index is -1.23. The highest BCUT2D eigenvalue weighted by molar-refractivity contribution is 5.89. The molecule has 0 heterocycles. The lowest BCUT2D eigenvalue weighted by Gasteiger charge is -2.09. The van der Waals surface area contributed by atoms with Crippen LogP contribution in [0.15, 0.2) is 72.8 Å². The van der Waals surface area contributed by atoms with E-state index in [-0.39, 0.29) is 18.0 Å². The van der Waals surface area contributed by atoms with Gasteiger partial charge in [-0.2, -0.15) is 5.26 Å². The van der Waals surface area contributed by atoms with Crippen molar-refractivity contribution in [2.24, 2.45) is 0 Å². The van der Waals surface area contributed by atoms with E-state index in [0.717, 1.165) is 5.56 Å². The highest BCUT2D eigenvalue weighted by atomic mass is 19.1. The second-order valence-electron chi connectivity index (χ2n) is 6.02. The molecular weight excluding hydrogens is 357 g/mol. The van der Waals surface area contributed by atoms with Crippen LogP contribution in [0.25, 0.3) is 11.6 Å². The van der Waals surface area contributed by atoms with Crippen LogP contribution in [0.1, 0.15) is 27.0 Å². The molecule has 0 bridgehead atoms. The maximum absolute atomic E-state index is 13.0. The van der Waals surface area contributed by atoms with Crippen LogP contribution in [0.4, 0.5) is 4.39 Å². The molecule has 5 heteroatoms. The first-order valence-electron chi connectivity index (χ1n) is 8.46. The van der Waals surface area contributed by atoms with E-state index in [4.69, 9.17) is 4.74 Å². The van der Waals surface area contributed by atoms with Crippen molar-refractivity contribution in [1.29, 1.82) is 5.26 Å². The molecule has 138 valence electrons. The largest absolute Gasteiger partial charge is 0.545 e. The Hall–Kier alpha value is -3.91. The van der Waals surface area contributed by atoms with E-state index in [1.54, 1.807) is 54.6 Å². The Morgan fingerprint density at radius 2 is 1.75 bits per heavy atom. The molecule has 28 heavy (non-hydrogen) atoms. The third kappa shape index (κ3) is 4.83. The molecule has 3 rings (SSSR count). The van der Waals surface area contributed by atoms with Gasteiger partial charge in [0.05, 0.1) is 17.6 Å². The van der Waals surface area contributed by atoms with E-state index in [2.05, 4.69) is 6.07 Å². The summed E-state index contributed by atoms with van der Waals surface area (Å²) < 4.78 is 18.7. The van der Waals surface area contributed by atoms with Crippen molar-refractivity contribution in [3.63, 3.8) is 0 Å². The molecule has 0 unspecified atom stereocenters. The van der Waals surface area contributed by atoms with Gasteiger partial charge in [-0.3, -0.25) is 0 Å². The van der Waals surface area contributed by atoms with Gasteiger partial charge in [0.15, 0.2) is 0 Å². The van der Waals surface area contributed by atoms with Crippen LogP contribution in [0, 0.1) is 17.1 Å². The number of carboxylic acid groups (broad SMARTS) is 1. The lowest BCUT2D eigenvalue weighted by atomic mass is 10.0. The Balaban J connectivity index is 1.69. The number of allylic oxidation sites excluding steroid dienone is 1. The summed E-state index contributed by atoms with van der Waals surface area (Å²) in [6.45, 7) is 0.218. The molecule has 0 radical (unpaired) electrons. The van der Waals surface area contributed by atoms with Gasteiger partial charge in [-0.15, -0.1) is 0 Å². The number of rotatable bonds is 6. The number of nitrogens with zero attached hydrogens (tertiary/aromatic N) is 1. The molecule has 3 aromatic carbocycles. The lowest BCUT2D eigenvalue weighted by Crippen LogP contribution is -2.22. The number of benzene rings is 3. The lowest BCUT2D eigenvalue weighted by molar-refractivity contribution is -0.255. The zero-order valence-electron chi connectivity index (χ0n) is 14.8. The van der Waals surface area contributed by atoms with E-state index in [9.17, 15) is 19.6 Å². The molecule has 0 fully saturated rings. The third-order valence-electron chi connectivity index (χ3n) is 4.03. The zero-order valence-corrected chi connectivity index (χ0v) is 14.8. The Labute approximate surface area is 161 Å². The number of carboxylic acids is 1. The molecule has 0 aromatic heterocycles. The van der Waals surface area contributed by atoms with Crippen molar-refractivity contribution < 1.29 is 19.0 Å².